The first-order valence-electron chi connectivity index (χ1n) is 10.2. The van der Waals surface area contributed by atoms with E-state index in [9.17, 15) is 37.3 Å². The first-order valence-corrected chi connectivity index (χ1v) is 11.0. The molecule has 1 heterocycles. The fourth-order valence-corrected chi connectivity index (χ4v) is 4.11. The Morgan fingerprint density at radius 2 is 1.69 bits per heavy atom. The molecule has 1 aliphatic heterocycles. The number of nitro benzene ring substituents is 1. The first kappa shape index (κ1) is 24.9. The van der Waals surface area contributed by atoms with Crippen molar-refractivity contribution in [1.82, 2.24) is 4.90 Å². The predicted molar refractivity (Wildman–Crippen MR) is 123 cm³/mol. The number of imide groups is 1. The first-order chi connectivity index (χ1) is 17.0. The number of benzene rings is 3. The fraction of sp³-hybridized carbons (Fsp3) is 0.0833. The Labute approximate surface area is 205 Å². The molecule has 0 aliphatic carbocycles. The minimum Gasteiger partial charge on any atom is -0.449 e. The van der Waals surface area contributed by atoms with Crippen LogP contribution >= 0.6 is 11.8 Å². The molecule has 2 amide bonds. The van der Waals surface area contributed by atoms with Gasteiger partial charge in [-0.05, 0) is 53.7 Å². The molecule has 1 fully saturated rings. The van der Waals surface area contributed by atoms with Gasteiger partial charge in [0.05, 0.1) is 21.9 Å². The van der Waals surface area contributed by atoms with Crippen LogP contribution in [0.3, 0.4) is 0 Å². The standard InChI is InChI=1S/C24H14F4N2O5S/c25-17-8-5-14(6-9-17)13-29-22(31)21(36-23(29)32)11-15-3-1-2-4-19(15)35-20-10-7-16(24(26,27)28)12-18(20)30(33)34/h1-12H,13H2/b21-11+. The highest BCUT2D eigenvalue weighted by molar-refractivity contribution is 8.18. The Hall–Kier alpha value is -4.19. The number of carbonyl (C=O) groups excluding carboxylic acids is 2. The largest absolute Gasteiger partial charge is 0.449 e. The molecule has 0 atom stereocenters. The van der Waals surface area contributed by atoms with Gasteiger partial charge in [0.15, 0.2) is 0 Å². The number of hydrogen-bond donors (Lipinski definition) is 0. The number of alkyl halides is 3. The monoisotopic (exact) mass is 518 g/mol. The minimum atomic E-state index is -4.78. The SMILES string of the molecule is O=C1S/C(=C/c2ccccc2Oc2ccc(C(F)(F)F)cc2[N+](=O)[O-])C(=O)N1Cc1ccc(F)cc1. The lowest BCUT2D eigenvalue weighted by Crippen LogP contribution is -2.27. The zero-order chi connectivity index (χ0) is 26.0. The third kappa shape index (κ3) is 5.38. The third-order valence-corrected chi connectivity index (χ3v) is 5.94. The number of hydrogen-bond acceptors (Lipinski definition) is 6. The minimum absolute atomic E-state index is 0.0192. The Balaban J connectivity index is 1.62. The summed E-state index contributed by atoms with van der Waals surface area (Å²) in [5, 5.41) is 10.8. The van der Waals surface area contributed by atoms with Crippen LogP contribution in [0.5, 0.6) is 11.5 Å². The molecular formula is C24H14F4N2O5S. The third-order valence-electron chi connectivity index (χ3n) is 5.04. The van der Waals surface area contributed by atoms with Gasteiger partial charge in [0.1, 0.15) is 11.6 Å². The number of ether oxygens (including phenoxy) is 1. The van der Waals surface area contributed by atoms with Crippen molar-refractivity contribution in [3.05, 3.63) is 104 Å². The van der Waals surface area contributed by atoms with Crippen molar-refractivity contribution in [3.63, 3.8) is 0 Å². The number of halogens is 4. The van der Waals surface area contributed by atoms with Crippen molar-refractivity contribution in [1.29, 1.82) is 0 Å². The van der Waals surface area contributed by atoms with E-state index in [1.54, 1.807) is 6.07 Å². The second kappa shape index (κ2) is 9.82. The lowest BCUT2D eigenvalue weighted by molar-refractivity contribution is -0.385. The van der Waals surface area contributed by atoms with Crippen molar-refractivity contribution in [3.8, 4) is 11.5 Å². The topological polar surface area (TPSA) is 89.7 Å². The molecule has 0 radical (unpaired) electrons. The summed E-state index contributed by atoms with van der Waals surface area (Å²) in [6, 6.07) is 13.2. The van der Waals surface area contributed by atoms with E-state index in [-0.39, 0.29) is 22.8 Å². The molecule has 0 N–H and O–H groups in total. The highest BCUT2D eigenvalue weighted by Crippen LogP contribution is 2.40. The number of thioether (sulfide) groups is 1. The van der Waals surface area contributed by atoms with E-state index in [1.807, 2.05) is 0 Å². The highest BCUT2D eigenvalue weighted by atomic mass is 32.2. The van der Waals surface area contributed by atoms with Gasteiger partial charge in [0, 0.05) is 11.6 Å². The summed E-state index contributed by atoms with van der Waals surface area (Å²) in [5.74, 6) is -1.48. The molecule has 0 bridgehead atoms. The number of para-hydroxylation sites is 1. The van der Waals surface area contributed by atoms with E-state index in [0.29, 0.717) is 29.5 Å². The fourth-order valence-electron chi connectivity index (χ4n) is 3.28. The second-order valence-electron chi connectivity index (χ2n) is 7.47. The van der Waals surface area contributed by atoms with Crippen LogP contribution in [0.15, 0.2) is 71.6 Å². The predicted octanol–water partition coefficient (Wildman–Crippen LogP) is 6.78. The van der Waals surface area contributed by atoms with Gasteiger partial charge in [-0.25, -0.2) is 4.39 Å². The molecule has 3 aromatic rings. The van der Waals surface area contributed by atoms with Crippen molar-refractivity contribution in [2.75, 3.05) is 0 Å². The Bertz CT molecular complexity index is 1390. The van der Waals surface area contributed by atoms with Crippen LogP contribution in [0.25, 0.3) is 6.08 Å². The summed E-state index contributed by atoms with van der Waals surface area (Å²) in [7, 11) is 0. The van der Waals surface area contributed by atoms with Gasteiger partial charge < -0.3 is 4.74 Å². The van der Waals surface area contributed by atoms with Crippen molar-refractivity contribution in [2.45, 2.75) is 12.7 Å². The summed E-state index contributed by atoms with van der Waals surface area (Å²) in [4.78, 5) is 36.7. The van der Waals surface area contributed by atoms with Crippen LogP contribution in [0.4, 0.5) is 28.0 Å². The van der Waals surface area contributed by atoms with Gasteiger partial charge in [0.25, 0.3) is 11.1 Å². The van der Waals surface area contributed by atoms with Crippen molar-refractivity contribution < 1.29 is 36.8 Å². The number of nitrogens with zero attached hydrogens (tertiary/aromatic N) is 2. The summed E-state index contributed by atoms with van der Waals surface area (Å²) in [6.07, 6.45) is -3.43. The van der Waals surface area contributed by atoms with Crippen LogP contribution in [0.2, 0.25) is 0 Å². The molecule has 3 aromatic carbocycles. The van der Waals surface area contributed by atoms with E-state index in [0.717, 1.165) is 11.0 Å². The number of rotatable bonds is 6. The number of nitro groups is 1. The Kier molecular flexibility index (Phi) is 6.80. The second-order valence-corrected chi connectivity index (χ2v) is 8.46. The van der Waals surface area contributed by atoms with Crippen molar-refractivity contribution >= 4 is 34.7 Å². The summed E-state index contributed by atoms with van der Waals surface area (Å²) in [6.45, 7) is -0.0712. The summed E-state index contributed by atoms with van der Waals surface area (Å²) in [5.41, 5.74) is -1.29. The van der Waals surface area contributed by atoms with Crippen LogP contribution < -0.4 is 4.74 Å². The van der Waals surface area contributed by atoms with Crippen LogP contribution in [-0.4, -0.2) is 21.0 Å². The van der Waals surface area contributed by atoms with E-state index in [4.69, 9.17) is 4.74 Å². The molecule has 1 aliphatic rings. The van der Waals surface area contributed by atoms with Crippen LogP contribution in [0, 0.1) is 15.9 Å². The van der Waals surface area contributed by atoms with Crippen molar-refractivity contribution in [2.24, 2.45) is 0 Å². The summed E-state index contributed by atoms with van der Waals surface area (Å²) < 4.78 is 57.6. The molecule has 0 saturated carbocycles. The molecule has 12 heteroatoms. The van der Waals surface area contributed by atoms with E-state index in [1.165, 1.54) is 48.5 Å². The quantitative estimate of drug-likeness (QED) is 0.155. The zero-order valence-corrected chi connectivity index (χ0v) is 18.8. The maximum absolute atomic E-state index is 13.1. The Morgan fingerprint density at radius 1 is 1.00 bits per heavy atom. The average molecular weight is 518 g/mol. The van der Waals surface area contributed by atoms with E-state index in [2.05, 4.69) is 0 Å². The lowest BCUT2D eigenvalue weighted by atomic mass is 10.1. The number of amides is 2. The average Bonchev–Trinajstić information content (AvgIpc) is 3.08. The van der Waals surface area contributed by atoms with Gasteiger partial charge in [-0.15, -0.1) is 0 Å². The van der Waals surface area contributed by atoms with E-state index < -0.39 is 45.1 Å². The highest BCUT2D eigenvalue weighted by Gasteiger charge is 2.36. The van der Waals surface area contributed by atoms with Gasteiger partial charge in [-0.3, -0.25) is 24.6 Å². The smallest absolute Gasteiger partial charge is 0.416 e. The van der Waals surface area contributed by atoms with Gasteiger partial charge in [0.2, 0.25) is 5.75 Å². The maximum atomic E-state index is 13.1. The maximum Gasteiger partial charge on any atom is 0.416 e. The van der Waals surface area contributed by atoms with Crippen LogP contribution in [0.1, 0.15) is 16.7 Å². The van der Waals surface area contributed by atoms with Gasteiger partial charge >= 0.3 is 11.9 Å². The molecule has 0 aromatic heterocycles. The molecule has 4 rings (SSSR count). The molecule has 7 nitrogen and oxygen atoms in total. The van der Waals surface area contributed by atoms with Crippen LogP contribution in [-0.2, 0) is 17.5 Å². The molecule has 0 unspecified atom stereocenters. The summed E-state index contributed by atoms with van der Waals surface area (Å²) >= 11 is 0.662. The number of carbonyl (C=O) groups is 2. The molecule has 36 heavy (non-hydrogen) atoms. The molecule has 1 saturated heterocycles. The molecular weight excluding hydrogens is 504 g/mol. The lowest BCUT2D eigenvalue weighted by Gasteiger charge is -2.13. The van der Waals surface area contributed by atoms with Gasteiger partial charge in [-0.2, -0.15) is 13.2 Å². The van der Waals surface area contributed by atoms with Gasteiger partial charge in [-0.1, -0.05) is 30.3 Å². The zero-order valence-electron chi connectivity index (χ0n) is 18.0. The normalized spacial score (nSPS) is 15.0. The molecule has 184 valence electrons. The molecule has 0 spiro atoms. The Morgan fingerprint density at radius 3 is 2.36 bits per heavy atom. The van der Waals surface area contributed by atoms with E-state index >= 15 is 0 Å².